The molecule has 5 nitrogen and oxygen atoms in total. The molecule has 138 valence electrons. The molecule has 1 atom stereocenters. The number of amides is 1. The zero-order chi connectivity index (χ0) is 18.5. The minimum atomic E-state index is -0.366. The highest BCUT2D eigenvalue weighted by atomic mass is 16.5. The zero-order valence-electron chi connectivity index (χ0n) is 15.7. The van der Waals surface area contributed by atoms with Gasteiger partial charge >= 0.3 is 6.09 Å². The molecular formula is C21H27N3O2. The summed E-state index contributed by atoms with van der Waals surface area (Å²) >= 11 is 0. The van der Waals surface area contributed by atoms with E-state index in [4.69, 9.17) is 4.74 Å². The number of ether oxygens (including phenoxy) is 1. The average Bonchev–Trinajstić information content (AvgIpc) is 3.07. The minimum Gasteiger partial charge on any atom is -0.450 e. The van der Waals surface area contributed by atoms with Crippen molar-refractivity contribution >= 4 is 17.5 Å². The third-order valence-corrected chi connectivity index (χ3v) is 4.81. The summed E-state index contributed by atoms with van der Waals surface area (Å²) in [6.07, 6.45) is 0.664. The van der Waals surface area contributed by atoms with Gasteiger partial charge in [0.25, 0.3) is 0 Å². The van der Waals surface area contributed by atoms with Gasteiger partial charge in [0, 0.05) is 38.6 Å². The van der Waals surface area contributed by atoms with E-state index in [0.717, 1.165) is 18.7 Å². The Balaban J connectivity index is 1.86. The van der Waals surface area contributed by atoms with Crippen LogP contribution in [-0.4, -0.2) is 39.9 Å². The summed E-state index contributed by atoms with van der Waals surface area (Å²) < 4.78 is 5.04. The van der Waals surface area contributed by atoms with Crippen LogP contribution in [0.1, 0.15) is 24.1 Å². The molecule has 0 saturated carbocycles. The number of nitrogens with one attached hydrogen (secondary N) is 1. The van der Waals surface area contributed by atoms with Crippen molar-refractivity contribution < 1.29 is 9.53 Å². The van der Waals surface area contributed by atoms with E-state index in [1.165, 1.54) is 16.8 Å². The van der Waals surface area contributed by atoms with Gasteiger partial charge in [0.05, 0.1) is 12.6 Å². The molecule has 5 heteroatoms. The van der Waals surface area contributed by atoms with Crippen molar-refractivity contribution in [2.24, 2.45) is 0 Å². The highest BCUT2D eigenvalue weighted by Gasteiger charge is 2.27. The van der Waals surface area contributed by atoms with E-state index in [1.54, 1.807) is 0 Å². The van der Waals surface area contributed by atoms with E-state index in [1.807, 2.05) is 21.0 Å². The Hall–Kier alpha value is -2.69. The molecule has 0 unspecified atom stereocenters. The SMILES string of the molecule is CCOC(=O)NC[C@@H](c1ccc(N(C)C)cc1)N1CCc2ccccc21. The lowest BCUT2D eigenvalue weighted by Gasteiger charge is -2.31. The number of para-hydroxylation sites is 1. The van der Waals surface area contributed by atoms with Crippen LogP contribution in [-0.2, 0) is 11.2 Å². The second kappa shape index (κ2) is 8.13. The monoisotopic (exact) mass is 353 g/mol. The van der Waals surface area contributed by atoms with Crippen molar-refractivity contribution in [3.05, 3.63) is 59.7 Å². The molecule has 1 heterocycles. The predicted octanol–water partition coefficient (Wildman–Crippen LogP) is 3.60. The van der Waals surface area contributed by atoms with E-state index in [-0.39, 0.29) is 12.1 Å². The summed E-state index contributed by atoms with van der Waals surface area (Å²) in [4.78, 5) is 16.3. The Morgan fingerprint density at radius 3 is 2.62 bits per heavy atom. The summed E-state index contributed by atoms with van der Waals surface area (Å²) in [7, 11) is 4.07. The molecule has 0 fully saturated rings. The molecule has 0 aliphatic carbocycles. The number of benzene rings is 2. The number of rotatable bonds is 6. The maximum Gasteiger partial charge on any atom is 0.407 e. The molecule has 1 amide bonds. The minimum absolute atomic E-state index is 0.0688. The molecule has 3 rings (SSSR count). The normalized spacial score (nSPS) is 13.9. The Morgan fingerprint density at radius 2 is 1.92 bits per heavy atom. The van der Waals surface area contributed by atoms with Crippen molar-refractivity contribution in [3.8, 4) is 0 Å². The standard InChI is InChI=1S/C21H27N3O2/c1-4-26-21(25)22-15-20(17-9-11-18(12-10-17)23(2)3)24-14-13-16-7-5-6-8-19(16)24/h5-12,20H,4,13-15H2,1-3H3,(H,22,25)/t20-/m0/s1. The maximum absolute atomic E-state index is 11.8. The van der Waals surface area contributed by atoms with Crippen molar-refractivity contribution in [1.29, 1.82) is 0 Å². The van der Waals surface area contributed by atoms with Gasteiger partial charge in [-0.15, -0.1) is 0 Å². The van der Waals surface area contributed by atoms with Crippen LogP contribution in [0.3, 0.4) is 0 Å². The van der Waals surface area contributed by atoms with Gasteiger partial charge in [0.2, 0.25) is 0 Å². The van der Waals surface area contributed by atoms with Crippen LogP contribution in [0.15, 0.2) is 48.5 Å². The number of hydrogen-bond donors (Lipinski definition) is 1. The first kappa shape index (κ1) is 18.1. The largest absolute Gasteiger partial charge is 0.450 e. The van der Waals surface area contributed by atoms with Gasteiger partial charge in [-0.05, 0) is 42.7 Å². The first-order valence-electron chi connectivity index (χ1n) is 9.12. The van der Waals surface area contributed by atoms with Gasteiger partial charge < -0.3 is 19.9 Å². The molecule has 0 aromatic heterocycles. The molecule has 2 aromatic carbocycles. The number of hydrogen-bond acceptors (Lipinski definition) is 4. The highest BCUT2D eigenvalue weighted by molar-refractivity contribution is 5.67. The van der Waals surface area contributed by atoms with Crippen LogP contribution in [0.2, 0.25) is 0 Å². The van der Waals surface area contributed by atoms with Gasteiger partial charge in [-0.2, -0.15) is 0 Å². The van der Waals surface area contributed by atoms with Gasteiger partial charge in [0.15, 0.2) is 0 Å². The van der Waals surface area contributed by atoms with E-state index in [2.05, 4.69) is 63.6 Å². The molecule has 1 aliphatic heterocycles. The Labute approximate surface area is 155 Å². The smallest absolute Gasteiger partial charge is 0.407 e. The number of alkyl carbamates (subject to hydrolysis) is 1. The summed E-state index contributed by atoms with van der Waals surface area (Å²) in [6.45, 7) is 3.65. The quantitative estimate of drug-likeness (QED) is 0.862. The third-order valence-electron chi connectivity index (χ3n) is 4.81. The van der Waals surface area contributed by atoms with Crippen LogP contribution in [0.4, 0.5) is 16.2 Å². The highest BCUT2D eigenvalue weighted by Crippen LogP contribution is 2.35. The molecule has 0 radical (unpaired) electrons. The second-order valence-electron chi connectivity index (χ2n) is 6.68. The van der Waals surface area contributed by atoms with Crippen LogP contribution >= 0.6 is 0 Å². The molecule has 26 heavy (non-hydrogen) atoms. The molecular weight excluding hydrogens is 326 g/mol. The van der Waals surface area contributed by atoms with Crippen LogP contribution in [0.5, 0.6) is 0 Å². The van der Waals surface area contributed by atoms with Crippen molar-refractivity contribution in [2.75, 3.05) is 43.6 Å². The van der Waals surface area contributed by atoms with E-state index >= 15 is 0 Å². The van der Waals surface area contributed by atoms with Gasteiger partial charge in [-0.25, -0.2) is 4.79 Å². The number of fused-ring (bicyclic) bond motifs is 1. The number of carbonyl (C=O) groups is 1. The van der Waals surface area contributed by atoms with E-state index in [0.29, 0.717) is 13.2 Å². The fraction of sp³-hybridized carbons (Fsp3) is 0.381. The lowest BCUT2D eigenvalue weighted by molar-refractivity contribution is 0.151. The lowest BCUT2D eigenvalue weighted by Crippen LogP contribution is -2.37. The fourth-order valence-electron chi connectivity index (χ4n) is 3.45. The van der Waals surface area contributed by atoms with Crippen molar-refractivity contribution in [2.45, 2.75) is 19.4 Å². The molecule has 1 N–H and O–H groups in total. The van der Waals surface area contributed by atoms with E-state index in [9.17, 15) is 4.79 Å². The number of anilines is 2. The summed E-state index contributed by atoms with van der Waals surface area (Å²) in [5.41, 5.74) is 4.95. The second-order valence-corrected chi connectivity index (χ2v) is 6.68. The summed E-state index contributed by atoms with van der Waals surface area (Å²) in [5.74, 6) is 0. The Bertz CT molecular complexity index is 743. The summed E-state index contributed by atoms with van der Waals surface area (Å²) in [6, 6.07) is 17.1. The Kier molecular flexibility index (Phi) is 5.66. The number of carbonyl (C=O) groups excluding carboxylic acids is 1. The van der Waals surface area contributed by atoms with Crippen molar-refractivity contribution in [1.82, 2.24) is 5.32 Å². The maximum atomic E-state index is 11.8. The molecule has 0 saturated heterocycles. The number of nitrogens with zero attached hydrogens (tertiary/aromatic N) is 2. The van der Waals surface area contributed by atoms with Gasteiger partial charge in [-0.1, -0.05) is 30.3 Å². The van der Waals surface area contributed by atoms with E-state index < -0.39 is 0 Å². The predicted molar refractivity (Wildman–Crippen MR) is 106 cm³/mol. The molecule has 0 spiro atoms. The Morgan fingerprint density at radius 1 is 1.19 bits per heavy atom. The average molecular weight is 353 g/mol. The van der Waals surface area contributed by atoms with Crippen LogP contribution in [0.25, 0.3) is 0 Å². The van der Waals surface area contributed by atoms with Crippen molar-refractivity contribution in [3.63, 3.8) is 0 Å². The first-order valence-corrected chi connectivity index (χ1v) is 9.12. The molecule has 2 aromatic rings. The zero-order valence-corrected chi connectivity index (χ0v) is 15.7. The topological polar surface area (TPSA) is 44.8 Å². The van der Waals surface area contributed by atoms with Crippen LogP contribution in [0, 0.1) is 0 Å². The van der Waals surface area contributed by atoms with Gasteiger partial charge in [-0.3, -0.25) is 0 Å². The molecule has 0 bridgehead atoms. The van der Waals surface area contributed by atoms with Gasteiger partial charge in [0.1, 0.15) is 0 Å². The molecule has 1 aliphatic rings. The summed E-state index contributed by atoms with van der Waals surface area (Å²) in [5, 5.41) is 2.91. The van der Waals surface area contributed by atoms with Crippen LogP contribution < -0.4 is 15.1 Å². The lowest BCUT2D eigenvalue weighted by atomic mass is 10.0. The fourth-order valence-corrected chi connectivity index (χ4v) is 3.45. The first-order chi connectivity index (χ1) is 12.6. The third kappa shape index (κ3) is 3.93.